The van der Waals surface area contributed by atoms with E-state index in [0.29, 0.717) is 35.5 Å². The highest BCUT2D eigenvalue weighted by molar-refractivity contribution is 6.30. The van der Waals surface area contributed by atoms with Crippen molar-refractivity contribution in [3.8, 4) is 11.4 Å². The molecule has 0 saturated heterocycles. The second-order valence-electron chi connectivity index (χ2n) is 7.11. The molecule has 8 heteroatoms. The molecule has 7 nitrogen and oxygen atoms in total. The van der Waals surface area contributed by atoms with Crippen molar-refractivity contribution in [1.82, 2.24) is 19.9 Å². The van der Waals surface area contributed by atoms with Crippen LogP contribution in [-0.2, 0) is 24.2 Å². The Morgan fingerprint density at radius 3 is 2.55 bits per heavy atom. The third-order valence-electron chi connectivity index (χ3n) is 4.88. The average molecular weight is 436 g/mol. The second-order valence-corrected chi connectivity index (χ2v) is 7.55. The summed E-state index contributed by atoms with van der Waals surface area (Å²) in [5.74, 6) is 1.44. The molecular formula is C23H22ClN5O2. The zero-order chi connectivity index (χ0) is 21.6. The number of rotatable bonds is 8. The molecule has 0 fully saturated rings. The van der Waals surface area contributed by atoms with Crippen LogP contribution in [0.1, 0.15) is 30.4 Å². The van der Waals surface area contributed by atoms with Crippen molar-refractivity contribution in [2.75, 3.05) is 5.32 Å². The van der Waals surface area contributed by atoms with Gasteiger partial charge in [-0.1, -0.05) is 60.1 Å². The van der Waals surface area contributed by atoms with Crippen molar-refractivity contribution >= 4 is 23.3 Å². The number of anilines is 1. The van der Waals surface area contributed by atoms with Gasteiger partial charge in [-0.05, 0) is 29.7 Å². The van der Waals surface area contributed by atoms with Crippen LogP contribution in [0, 0.1) is 0 Å². The summed E-state index contributed by atoms with van der Waals surface area (Å²) in [6, 6.07) is 17.3. The predicted octanol–water partition coefficient (Wildman–Crippen LogP) is 4.77. The number of aromatic nitrogens is 4. The summed E-state index contributed by atoms with van der Waals surface area (Å²) >= 11 is 5.93. The zero-order valence-electron chi connectivity index (χ0n) is 17.1. The topological polar surface area (TPSA) is 85.8 Å². The van der Waals surface area contributed by atoms with Gasteiger partial charge in [-0.15, -0.1) is 0 Å². The first-order chi connectivity index (χ1) is 15.1. The Labute approximate surface area is 185 Å². The first kappa shape index (κ1) is 20.8. The number of halogens is 1. The van der Waals surface area contributed by atoms with Crippen LogP contribution in [0.4, 0.5) is 5.82 Å². The molecule has 0 atom stereocenters. The first-order valence-electron chi connectivity index (χ1n) is 10.1. The lowest BCUT2D eigenvalue weighted by Gasteiger charge is -2.09. The van der Waals surface area contributed by atoms with Crippen molar-refractivity contribution in [3.63, 3.8) is 0 Å². The highest BCUT2D eigenvalue weighted by atomic mass is 35.5. The van der Waals surface area contributed by atoms with E-state index in [9.17, 15) is 4.79 Å². The molecule has 0 aliphatic carbocycles. The Balaban J connectivity index is 1.32. The number of aryl methyl sites for hydroxylation is 2. The molecule has 0 aliphatic heterocycles. The molecule has 0 unspecified atom stereocenters. The van der Waals surface area contributed by atoms with E-state index >= 15 is 0 Å². The average Bonchev–Trinajstić information content (AvgIpc) is 3.44. The summed E-state index contributed by atoms with van der Waals surface area (Å²) in [5.41, 5.74) is 3.18. The molecule has 0 aliphatic rings. The van der Waals surface area contributed by atoms with Crippen molar-refractivity contribution in [1.29, 1.82) is 0 Å². The normalized spacial score (nSPS) is 10.9. The van der Waals surface area contributed by atoms with Crippen molar-refractivity contribution in [2.24, 2.45) is 0 Å². The highest BCUT2D eigenvalue weighted by Gasteiger charge is 2.12. The van der Waals surface area contributed by atoms with Gasteiger partial charge in [0.05, 0.1) is 12.7 Å². The van der Waals surface area contributed by atoms with Gasteiger partial charge in [0.25, 0.3) is 0 Å². The van der Waals surface area contributed by atoms with Crippen LogP contribution in [0.5, 0.6) is 0 Å². The smallest absolute Gasteiger partial charge is 0.227 e. The Morgan fingerprint density at radius 1 is 1.06 bits per heavy atom. The number of carbonyl (C=O) groups is 1. The summed E-state index contributed by atoms with van der Waals surface area (Å²) in [6.07, 6.45) is 3.21. The molecule has 4 aromatic rings. The van der Waals surface area contributed by atoms with Crippen LogP contribution in [0.3, 0.4) is 0 Å². The zero-order valence-corrected chi connectivity index (χ0v) is 17.8. The van der Waals surface area contributed by atoms with Crippen molar-refractivity contribution < 1.29 is 9.32 Å². The lowest BCUT2D eigenvalue weighted by Crippen LogP contribution is -2.16. The molecule has 4 rings (SSSR count). The molecule has 2 aromatic carbocycles. The Morgan fingerprint density at radius 2 is 1.81 bits per heavy atom. The number of carbonyl (C=O) groups excluding carboxylic acids is 1. The third-order valence-corrected chi connectivity index (χ3v) is 5.14. The number of nitrogens with one attached hydrogen (secondary N) is 1. The van der Waals surface area contributed by atoms with E-state index in [1.807, 2.05) is 48.5 Å². The molecular weight excluding hydrogens is 414 g/mol. The molecule has 1 amide bonds. The fraction of sp³-hybridized carbons (Fsp3) is 0.217. The second kappa shape index (κ2) is 9.57. The van der Waals surface area contributed by atoms with Gasteiger partial charge in [-0.2, -0.15) is 10.1 Å². The van der Waals surface area contributed by atoms with Gasteiger partial charge in [0.1, 0.15) is 5.82 Å². The van der Waals surface area contributed by atoms with Crippen LogP contribution in [0.25, 0.3) is 11.4 Å². The standard InChI is InChI=1S/C23H22ClN5O2/c1-2-16-3-7-18(8-4-16)23-27-22(31-28-23)12-11-21(30)26-20-13-14-25-29(20)15-17-5-9-19(24)10-6-17/h3-10,13-14H,2,11-12,15H2,1H3,(H,26,30). The lowest BCUT2D eigenvalue weighted by molar-refractivity contribution is -0.116. The van der Waals surface area contributed by atoms with Gasteiger partial charge in [-0.3, -0.25) is 4.79 Å². The van der Waals surface area contributed by atoms with Gasteiger partial charge in [-0.25, -0.2) is 4.68 Å². The van der Waals surface area contributed by atoms with Crippen LogP contribution < -0.4 is 5.32 Å². The molecule has 31 heavy (non-hydrogen) atoms. The predicted molar refractivity (Wildman–Crippen MR) is 119 cm³/mol. The van der Waals surface area contributed by atoms with Gasteiger partial charge >= 0.3 is 0 Å². The van der Waals surface area contributed by atoms with E-state index in [1.54, 1.807) is 16.9 Å². The SMILES string of the molecule is CCc1ccc(-c2noc(CCC(=O)Nc3ccnn3Cc3ccc(Cl)cc3)n2)cc1. The summed E-state index contributed by atoms with van der Waals surface area (Å²) in [6.45, 7) is 2.64. The molecule has 0 radical (unpaired) electrons. The molecule has 0 saturated carbocycles. The number of hydrogen-bond acceptors (Lipinski definition) is 5. The summed E-state index contributed by atoms with van der Waals surface area (Å²) in [5, 5.41) is 11.9. The van der Waals surface area contributed by atoms with Gasteiger partial charge in [0, 0.05) is 29.5 Å². The third kappa shape index (κ3) is 5.38. The van der Waals surface area contributed by atoms with Crippen molar-refractivity contribution in [2.45, 2.75) is 32.7 Å². The maximum absolute atomic E-state index is 12.4. The number of benzene rings is 2. The fourth-order valence-electron chi connectivity index (χ4n) is 3.12. The van der Waals surface area contributed by atoms with Gasteiger partial charge in [0.15, 0.2) is 0 Å². The fourth-order valence-corrected chi connectivity index (χ4v) is 3.24. The minimum atomic E-state index is -0.148. The minimum absolute atomic E-state index is 0.148. The van der Waals surface area contributed by atoms with E-state index in [-0.39, 0.29) is 12.3 Å². The number of nitrogens with zero attached hydrogens (tertiary/aromatic N) is 4. The number of hydrogen-bond donors (Lipinski definition) is 1. The van der Waals surface area contributed by atoms with E-state index in [4.69, 9.17) is 16.1 Å². The summed E-state index contributed by atoms with van der Waals surface area (Å²) < 4.78 is 7.03. The molecule has 0 bridgehead atoms. The van der Waals surface area contributed by atoms with Gasteiger partial charge in [0.2, 0.25) is 17.6 Å². The van der Waals surface area contributed by atoms with Crippen molar-refractivity contribution in [3.05, 3.63) is 82.8 Å². The van der Waals surface area contributed by atoms with Crippen LogP contribution in [-0.4, -0.2) is 25.8 Å². The summed E-state index contributed by atoms with van der Waals surface area (Å²) in [7, 11) is 0. The largest absolute Gasteiger partial charge is 0.339 e. The van der Waals surface area contributed by atoms with Gasteiger partial charge < -0.3 is 9.84 Å². The van der Waals surface area contributed by atoms with E-state index in [1.165, 1.54) is 5.56 Å². The molecule has 1 N–H and O–H groups in total. The number of amides is 1. The van der Waals surface area contributed by atoms with E-state index in [0.717, 1.165) is 17.5 Å². The Bertz CT molecular complexity index is 1150. The maximum Gasteiger partial charge on any atom is 0.227 e. The summed E-state index contributed by atoms with van der Waals surface area (Å²) in [4.78, 5) is 16.8. The maximum atomic E-state index is 12.4. The Hall–Kier alpha value is -3.45. The molecule has 2 heterocycles. The van der Waals surface area contributed by atoms with E-state index < -0.39 is 0 Å². The van der Waals surface area contributed by atoms with Crippen LogP contribution >= 0.6 is 11.6 Å². The lowest BCUT2D eigenvalue weighted by atomic mass is 10.1. The monoisotopic (exact) mass is 435 g/mol. The van der Waals surface area contributed by atoms with Crippen LogP contribution in [0.2, 0.25) is 5.02 Å². The van der Waals surface area contributed by atoms with Crippen LogP contribution in [0.15, 0.2) is 65.3 Å². The molecule has 0 spiro atoms. The first-order valence-corrected chi connectivity index (χ1v) is 10.5. The molecule has 2 aromatic heterocycles. The molecule has 158 valence electrons. The Kier molecular flexibility index (Phi) is 6.43. The highest BCUT2D eigenvalue weighted by Crippen LogP contribution is 2.18. The van der Waals surface area contributed by atoms with E-state index in [2.05, 4.69) is 27.5 Å². The minimum Gasteiger partial charge on any atom is -0.339 e. The quantitative estimate of drug-likeness (QED) is 0.431.